The highest BCUT2D eigenvalue weighted by molar-refractivity contribution is 7.56. The van der Waals surface area contributed by atoms with Gasteiger partial charge in [0.2, 0.25) is 0 Å². The molecule has 2 N–H and O–H groups in total. The van der Waals surface area contributed by atoms with E-state index in [-0.39, 0.29) is 11.5 Å². The fourth-order valence-corrected chi connectivity index (χ4v) is 4.81. The summed E-state index contributed by atoms with van der Waals surface area (Å²) in [5.74, 6) is 0.676. The highest BCUT2D eigenvalue weighted by atomic mass is 31.2. The zero-order valence-electron chi connectivity index (χ0n) is 15.7. The molecule has 2 rings (SSSR count). The minimum atomic E-state index is -4.10. The molecule has 2 atom stereocenters. The fraction of sp³-hybridized carbons (Fsp3) is 0.316. The molecule has 2 aromatic carbocycles. The first-order valence-electron chi connectivity index (χ1n) is 8.33. The molecule has 27 heavy (non-hydrogen) atoms. The monoisotopic (exact) mass is 393 g/mol. The van der Waals surface area contributed by atoms with Crippen molar-refractivity contribution in [2.45, 2.75) is 25.5 Å². The zero-order chi connectivity index (χ0) is 20.0. The second-order valence-electron chi connectivity index (χ2n) is 5.94. The predicted molar refractivity (Wildman–Crippen MR) is 103 cm³/mol. The van der Waals surface area contributed by atoms with E-state index in [4.69, 9.17) is 24.3 Å². The predicted octanol–water partition coefficient (Wildman–Crippen LogP) is 3.66. The van der Waals surface area contributed by atoms with Crippen LogP contribution in [0.5, 0.6) is 23.0 Å². The number of hydrogen-bond donors (Lipinski definition) is 1. The molecule has 0 saturated carbocycles. The molecule has 2 unspecified atom stereocenters. The van der Waals surface area contributed by atoms with Crippen LogP contribution in [-0.4, -0.2) is 31.7 Å². The summed E-state index contributed by atoms with van der Waals surface area (Å²) in [5, 5.41) is 0. The number of hydrogen-bond acceptors (Lipinski definition) is 7. The van der Waals surface area contributed by atoms with Crippen molar-refractivity contribution in [3.8, 4) is 23.0 Å². The summed E-state index contributed by atoms with van der Waals surface area (Å²) in [5.41, 5.74) is 4.78. The minimum absolute atomic E-state index is 0.185. The van der Waals surface area contributed by atoms with Gasteiger partial charge in [0.1, 0.15) is 5.78 Å². The Hall–Kier alpha value is -2.50. The van der Waals surface area contributed by atoms with Gasteiger partial charge in [-0.15, -0.1) is 0 Å². The smallest absolute Gasteiger partial charge is 0.443 e. The lowest BCUT2D eigenvalue weighted by atomic mass is 10.2. The number of nitrogens with two attached hydrogens (primary N) is 1. The maximum Gasteiger partial charge on any atom is 0.443 e. The first-order chi connectivity index (χ1) is 12.8. The lowest BCUT2D eigenvalue weighted by Crippen LogP contribution is -2.39. The summed E-state index contributed by atoms with van der Waals surface area (Å²) in [4.78, 5) is 12.2. The molecule has 0 saturated heterocycles. The zero-order valence-corrected chi connectivity index (χ0v) is 16.6. The molecule has 0 bridgehead atoms. The maximum atomic E-state index is 13.8. The average Bonchev–Trinajstić information content (AvgIpc) is 2.61. The molecule has 2 aromatic rings. The molecule has 0 amide bonds. The van der Waals surface area contributed by atoms with Gasteiger partial charge >= 0.3 is 7.60 Å². The van der Waals surface area contributed by atoms with Crippen LogP contribution in [0.4, 0.5) is 0 Å². The first kappa shape index (κ1) is 20.8. The number of carbonyl (C=O) groups is 1. The average molecular weight is 393 g/mol. The molecule has 0 aliphatic rings. The molecule has 0 aromatic heterocycles. The van der Waals surface area contributed by atoms with E-state index in [1.165, 1.54) is 21.1 Å². The van der Waals surface area contributed by atoms with Crippen LogP contribution in [0.3, 0.4) is 0 Å². The molecule has 0 fully saturated rings. The van der Waals surface area contributed by atoms with Crippen molar-refractivity contribution < 1.29 is 27.9 Å². The molecule has 0 radical (unpaired) electrons. The van der Waals surface area contributed by atoms with E-state index < -0.39 is 25.1 Å². The van der Waals surface area contributed by atoms with Gasteiger partial charge in [0.15, 0.2) is 28.7 Å². The third-order valence-corrected chi connectivity index (χ3v) is 6.26. The van der Waals surface area contributed by atoms with Crippen LogP contribution in [0.25, 0.3) is 0 Å². The van der Waals surface area contributed by atoms with Crippen molar-refractivity contribution in [1.29, 1.82) is 0 Å². The van der Waals surface area contributed by atoms with E-state index in [0.717, 1.165) is 0 Å². The van der Waals surface area contributed by atoms with Gasteiger partial charge in [-0.05, 0) is 38.1 Å². The standard InChI is InChI=1S/C19H24NO6P/c1-13(20)19(14(2)21)27(22,25-17-11-7-5-9-15(17)23-3)26-18-12-8-6-10-16(18)24-4/h5-13,19H,20H2,1-4H3. The number of benzene rings is 2. The number of Topliss-reactive ketones (excluding diaryl/α,β-unsaturated/α-hetero) is 1. The van der Waals surface area contributed by atoms with Crippen LogP contribution in [0, 0.1) is 0 Å². The second-order valence-corrected chi connectivity index (χ2v) is 7.94. The Labute approximate surface area is 158 Å². The fourth-order valence-electron chi connectivity index (χ4n) is 2.68. The van der Waals surface area contributed by atoms with Crippen LogP contribution >= 0.6 is 7.60 Å². The van der Waals surface area contributed by atoms with Gasteiger partial charge in [0, 0.05) is 6.04 Å². The van der Waals surface area contributed by atoms with E-state index in [0.29, 0.717) is 11.5 Å². The third-order valence-electron chi connectivity index (χ3n) is 3.84. The largest absolute Gasteiger partial charge is 0.493 e. The quantitative estimate of drug-likeness (QED) is 0.649. The van der Waals surface area contributed by atoms with Crippen LogP contribution in [0.15, 0.2) is 48.5 Å². The molecule has 146 valence electrons. The van der Waals surface area contributed by atoms with Gasteiger partial charge in [0.25, 0.3) is 0 Å². The van der Waals surface area contributed by atoms with Gasteiger partial charge in [-0.3, -0.25) is 4.79 Å². The van der Waals surface area contributed by atoms with Crippen LogP contribution in [0.1, 0.15) is 13.8 Å². The number of carbonyl (C=O) groups excluding carboxylic acids is 1. The van der Waals surface area contributed by atoms with Gasteiger partial charge in [-0.25, -0.2) is 4.57 Å². The Balaban J connectivity index is 2.54. The summed E-state index contributed by atoms with van der Waals surface area (Å²) in [7, 11) is -1.18. The highest BCUT2D eigenvalue weighted by Gasteiger charge is 2.46. The Bertz CT molecular complexity index is 785. The Morgan fingerprint density at radius 3 is 1.56 bits per heavy atom. The van der Waals surface area contributed by atoms with E-state index in [9.17, 15) is 9.36 Å². The lowest BCUT2D eigenvalue weighted by Gasteiger charge is -2.28. The van der Waals surface area contributed by atoms with Crippen LogP contribution in [-0.2, 0) is 9.36 Å². The molecule has 7 nitrogen and oxygen atoms in total. The molecular weight excluding hydrogens is 369 g/mol. The van der Waals surface area contributed by atoms with Gasteiger partial charge in [-0.1, -0.05) is 24.3 Å². The summed E-state index contributed by atoms with van der Waals surface area (Å²) in [6.45, 7) is 2.88. The number of ketones is 1. The summed E-state index contributed by atoms with van der Waals surface area (Å²) >= 11 is 0. The molecule has 0 heterocycles. The third kappa shape index (κ3) is 4.81. The number of rotatable bonds is 9. The summed E-state index contributed by atoms with van der Waals surface area (Å²) < 4.78 is 35.8. The Morgan fingerprint density at radius 1 is 0.889 bits per heavy atom. The summed E-state index contributed by atoms with van der Waals surface area (Å²) in [6, 6.07) is 12.6. The normalized spacial score (nSPS) is 13.4. The first-order valence-corrected chi connectivity index (χ1v) is 9.94. The highest BCUT2D eigenvalue weighted by Crippen LogP contribution is 2.56. The van der Waals surface area contributed by atoms with E-state index in [1.807, 2.05) is 0 Å². The van der Waals surface area contributed by atoms with E-state index >= 15 is 0 Å². The van der Waals surface area contributed by atoms with Crippen LogP contribution < -0.4 is 24.3 Å². The van der Waals surface area contributed by atoms with Gasteiger partial charge < -0.3 is 24.3 Å². The molecule has 0 aliphatic carbocycles. The van der Waals surface area contributed by atoms with Crippen molar-refractivity contribution in [3.63, 3.8) is 0 Å². The molecule has 0 spiro atoms. The van der Waals surface area contributed by atoms with Crippen molar-refractivity contribution in [2.75, 3.05) is 14.2 Å². The van der Waals surface area contributed by atoms with Crippen molar-refractivity contribution >= 4 is 13.4 Å². The minimum Gasteiger partial charge on any atom is -0.493 e. The SMILES string of the molecule is COc1ccccc1OP(=O)(Oc1ccccc1OC)C(C(C)=O)C(C)N. The number of methoxy groups -OCH3 is 2. The van der Waals surface area contributed by atoms with Crippen molar-refractivity contribution in [1.82, 2.24) is 0 Å². The topological polar surface area (TPSA) is 97.1 Å². The summed E-state index contributed by atoms with van der Waals surface area (Å²) in [6.07, 6.45) is 0. The lowest BCUT2D eigenvalue weighted by molar-refractivity contribution is -0.117. The van der Waals surface area contributed by atoms with Gasteiger partial charge in [-0.2, -0.15) is 0 Å². The molecule has 0 aliphatic heterocycles. The van der Waals surface area contributed by atoms with Crippen LogP contribution in [0.2, 0.25) is 0 Å². The van der Waals surface area contributed by atoms with Crippen molar-refractivity contribution in [3.05, 3.63) is 48.5 Å². The Kier molecular flexibility index (Phi) is 6.88. The van der Waals surface area contributed by atoms with E-state index in [1.54, 1.807) is 55.5 Å². The van der Waals surface area contributed by atoms with Crippen molar-refractivity contribution in [2.24, 2.45) is 5.73 Å². The second kappa shape index (κ2) is 8.93. The van der Waals surface area contributed by atoms with E-state index in [2.05, 4.69) is 0 Å². The number of para-hydroxylation sites is 4. The molecule has 8 heteroatoms. The molecular formula is C19H24NO6P. The number of ether oxygens (including phenoxy) is 2. The maximum absolute atomic E-state index is 13.8. The Morgan fingerprint density at radius 2 is 1.26 bits per heavy atom. The van der Waals surface area contributed by atoms with Gasteiger partial charge in [0.05, 0.1) is 14.2 Å².